The molecule has 0 radical (unpaired) electrons. The fourth-order valence-corrected chi connectivity index (χ4v) is 4.48. The lowest BCUT2D eigenvalue weighted by molar-refractivity contribution is 0.242. The fourth-order valence-electron chi connectivity index (χ4n) is 4.15. The molecular weight excluding hydrogens is 413 g/mol. The van der Waals surface area contributed by atoms with E-state index >= 15 is 0 Å². The van der Waals surface area contributed by atoms with E-state index in [0.717, 1.165) is 35.2 Å². The first-order chi connectivity index (χ1) is 14.3. The summed E-state index contributed by atoms with van der Waals surface area (Å²) in [5, 5.41) is 1.51. The second-order valence-corrected chi connectivity index (χ2v) is 9.77. The van der Waals surface area contributed by atoms with E-state index in [0.29, 0.717) is 12.5 Å². The van der Waals surface area contributed by atoms with E-state index in [1.165, 1.54) is 11.1 Å². The van der Waals surface area contributed by atoms with Crippen LogP contribution in [0.1, 0.15) is 50.7 Å². The molecule has 160 valence electrons. The molecule has 3 rings (SSSR count). The second-order valence-electron chi connectivity index (χ2n) is 8.90. The van der Waals surface area contributed by atoms with Crippen molar-refractivity contribution in [2.75, 3.05) is 6.61 Å². The van der Waals surface area contributed by atoms with Gasteiger partial charge in [-0.25, -0.2) is 4.99 Å². The Balaban J connectivity index is 1.93. The molecule has 3 atom stereocenters. The van der Waals surface area contributed by atoms with Crippen molar-refractivity contribution >= 4 is 29.1 Å². The number of aliphatic imine (C=N–C) groups is 1. The predicted octanol–water partition coefficient (Wildman–Crippen LogP) is 7.75. The maximum atomic E-state index is 6.34. The maximum Gasteiger partial charge on any atom is 0.190 e. The van der Waals surface area contributed by atoms with Crippen LogP contribution in [0.4, 0.5) is 0 Å². The summed E-state index contributed by atoms with van der Waals surface area (Å²) in [6.45, 7) is 11.3. The van der Waals surface area contributed by atoms with Crippen LogP contribution in [-0.4, -0.2) is 18.5 Å². The summed E-state index contributed by atoms with van der Waals surface area (Å²) in [4.78, 5) is 4.96. The molecule has 2 aromatic rings. The van der Waals surface area contributed by atoms with Crippen molar-refractivity contribution in [3.05, 3.63) is 82.4 Å². The smallest absolute Gasteiger partial charge is 0.190 e. The van der Waals surface area contributed by atoms with E-state index in [2.05, 4.69) is 51.6 Å². The summed E-state index contributed by atoms with van der Waals surface area (Å²) >= 11 is 12.4. The van der Waals surface area contributed by atoms with Gasteiger partial charge in [-0.1, -0.05) is 74.3 Å². The third kappa shape index (κ3) is 5.68. The molecule has 1 aliphatic heterocycles. The molecule has 1 heterocycles. The molecule has 0 aliphatic carbocycles. The highest BCUT2D eigenvalue weighted by molar-refractivity contribution is 6.30. The molecule has 30 heavy (non-hydrogen) atoms. The third-order valence-corrected chi connectivity index (χ3v) is 6.45. The number of nitrogens with zero attached hydrogens (tertiary/aromatic N) is 1. The first-order valence-electron chi connectivity index (χ1n) is 10.6. The van der Waals surface area contributed by atoms with Gasteiger partial charge in [0.05, 0.1) is 6.04 Å². The highest BCUT2D eigenvalue weighted by Gasteiger charge is 2.38. The summed E-state index contributed by atoms with van der Waals surface area (Å²) in [6, 6.07) is 16.5. The minimum Gasteiger partial charge on any atom is -0.478 e. The summed E-state index contributed by atoms with van der Waals surface area (Å²) in [6.07, 6.45) is 4.58. The predicted molar refractivity (Wildman–Crippen MR) is 129 cm³/mol. The molecule has 0 aromatic heterocycles. The molecule has 2 aromatic carbocycles. The SMILES string of the molecule is C=CCC(C)(C[C@@H](Cc1ccc(Cl)cc1)c1cccc(Cl)c1)C1=NC(C(C)C)CO1. The maximum absolute atomic E-state index is 6.34. The lowest BCUT2D eigenvalue weighted by Crippen LogP contribution is -2.30. The molecule has 1 aliphatic rings. The monoisotopic (exact) mass is 443 g/mol. The molecule has 0 amide bonds. The van der Waals surface area contributed by atoms with Gasteiger partial charge in [0, 0.05) is 15.5 Å². The van der Waals surface area contributed by atoms with Gasteiger partial charge in [0.25, 0.3) is 0 Å². The fraction of sp³-hybridized carbons (Fsp3) is 0.423. The summed E-state index contributed by atoms with van der Waals surface area (Å²) in [5.41, 5.74) is 2.26. The highest BCUT2D eigenvalue weighted by atomic mass is 35.5. The molecule has 2 nitrogen and oxygen atoms in total. The minimum atomic E-state index is -0.217. The van der Waals surface area contributed by atoms with Crippen LogP contribution in [0.5, 0.6) is 0 Å². The van der Waals surface area contributed by atoms with Gasteiger partial charge in [-0.3, -0.25) is 0 Å². The first kappa shape index (κ1) is 22.9. The van der Waals surface area contributed by atoms with Crippen LogP contribution in [0.25, 0.3) is 0 Å². The van der Waals surface area contributed by atoms with Crippen LogP contribution in [-0.2, 0) is 11.2 Å². The van der Waals surface area contributed by atoms with Crippen molar-refractivity contribution in [3.63, 3.8) is 0 Å². The third-order valence-electron chi connectivity index (χ3n) is 5.97. The number of rotatable bonds is 9. The Bertz CT molecular complexity index is 890. The lowest BCUT2D eigenvalue weighted by atomic mass is 9.74. The summed E-state index contributed by atoms with van der Waals surface area (Å²) in [7, 11) is 0. The number of halogens is 2. The molecule has 0 saturated carbocycles. The number of hydrogen-bond acceptors (Lipinski definition) is 2. The van der Waals surface area contributed by atoms with E-state index in [4.69, 9.17) is 32.9 Å². The molecule has 0 spiro atoms. The average Bonchev–Trinajstić information content (AvgIpc) is 3.21. The van der Waals surface area contributed by atoms with Gasteiger partial charge in [-0.15, -0.1) is 6.58 Å². The molecule has 0 saturated heterocycles. The van der Waals surface area contributed by atoms with Crippen LogP contribution in [0, 0.1) is 11.3 Å². The van der Waals surface area contributed by atoms with Crippen LogP contribution >= 0.6 is 23.2 Å². The normalized spacial score (nSPS) is 19.1. The number of allylic oxidation sites excluding steroid dienone is 1. The van der Waals surface area contributed by atoms with Gasteiger partial charge in [0.2, 0.25) is 0 Å². The zero-order valence-electron chi connectivity index (χ0n) is 18.1. The van der Waals surface area contributed by atoms with Crippen molar-refractivity contribution < 1.29 is 4.74 Å². The minimum absolute atomic E-state index is 0.217. The molecule has 4 heteroatoms. The quantitative estimate of drug-likeness (QED) is 0.363. The Morgan fingerprint density at radius 3 is 2.50 bits per heavy atom. The molecule has 0 bridgehead atoms. The van der Waals surface area contributed by atoms with Crippen LogP contribution in [0.2, 0.25) is 10.0 Å². The molecule has 0 fully saturated rings. The van der Waals surface area contributed by atoms with Gasteiger partial charge in [0.15, 0.2) is 5.90 Å². The van der Waals surface area contributed by atoms with E-state index in [1.807, 2.05) is 30.3 Å². The first-order valence-corrected chi connectivity index (χ1v) is 11.4. The van der Waals surface area contributed by atoms with Gasteiger partial charge >= 0.3 is 0 Å². The highest BCUT2D eigenvalue weighted by Crippen LogP contribution is 2.41. The Morgan fingerprint density at radius 1 is 1.17 bits per heavy atom. The average molecular weight is 444 g/mol. The van der Waals surface area contributed by atoms with Crippen molar-refractivity contribution in [2.45, 2.75) is 52.0 Å². The largest absolute Gasteiger partial charge is 0.478 e. The van der Waals surface area contributed by atoms with E-state index in [1.54, 1.807) is 0 Å². The van der Waals surface area contributed by atoms with Gasteiger partial charge in [-0.2, -0.15) is 0 Å². The zero-order valence-corrected chi connectivity index (χ0v) is 19.6. The van der Waals surface area contributed by atoms with Gasteiger partial charge in [0.1, 0.15) is 6.61 Å². The van der Waals surface area contributed by atoms with Crippen molar-refractivity contribution in [2.24, 2.45) is 16.3 Å². The zero-order chi connectivity index (χ0) is 21.7. The van der Waals surface area contributed by atoms with Crippen LogP contribution < -0.4 is 0 Å². The van der Waals surface area contributed by atoms with Gasteiger partial charge < -0.3 is 4.74 Å². The van der Waals surface area contributed by atoms with Crippen LogP contribution in [0.15, 0.2) is 66.2 Å². The summed E-state index contributed by atoms with van der Waals surface area (Å²) in [5.74, 6) is 1.59. The molecular formula is C26H31Cl2NO. The number of benzene rings is 2. The van der Waals surface area contributed by atoms with Crippen molar-refractivity contribution in [1.82, 2.24) is 0 Å². The van der Waals surface area contributed by atoms with Crippen LogP contribution in [0.3, 0.4) is 0 Å². The number of hydrogen-bond donors (Lipinski definition) is 0. The number of ether oxygens (including phenoxy) is 1. The molecule has 2 unspecified atom stereocenters. The van der Waals surface area contributed by atoms with Gasteiger partial charge in [-0.05, 0) is 66.5 Å². The van der Waals surface area contributed by atoms with Crippen molar-refractivity contribution in [1.29, 1.82) is 0 Å². The second kappa shape index (κ2) is 10.0. The summed E-state index contributed by atoms with van der Waals surface area (Å²) < 4.78 is 6.13. The molecule has 0 N–H and O–H groups in total. The Kier molecular flexibility index (Phi) is 7.65. The Labute approximate surface area is 191 Å². The Hall–Kier alpha value is -1.77. The van der Waals surface area contributed by atoms with E-state index < -0.39 is 0 Å². The Morgan fingerprint density at radius 2 is 1.90 bits per heavy atom. The standard InChI is InChI=1S/C26H31Cl2NO/c1-5-13-26(4,25-29-24(17-30-25)18(2)3)16-21(20-7-6-8-23(28)15-20)14-19-9-11-22(27)12-10-19/h5-12,15,18,21,24H,1,13-14,16-17H2,2-4H3/t21-,24?,26?/m1/s1. The lowest BCUT2D eigenvalue weighted by Gasteiger charge is -2.32. The van der Waals surface area contributed by atoms with E-state index in [-0.39, 0.29) is 17.4 Å². The van der Waals surface area contributed by atoms with Crippen molar-refractivity contribution in [3.8, 4) is 0 Å². The topological polar surface area (TPSA) is 21.6 Å². The van der Waals surface area contributed by atoms with E-state index in [9.17, 15) is 0 Å².